The van der Waals surface area contributed by atoms with Gasteiger partial charge in [-0.25, -0.2) is 4.98 Å². The van der Waals surface area contributed by atoms with E-state index in [4.69, 9.17) is 4.74 Å². The smallest absolute Gasteiger partial charge is 0.193 e. The summed E-state index contributed by atoms with van der Waals surface area (Å²) in [5.41, 5.74) is 0.993. The molecule has 2 N–H and O–H groups in total. The van der Waals surface area contributed by atoms with E-state index in [1.54, 1.807) is 18.4 Å². The van der Waals surface area contributed by atoms with Gasteiger partial charge >= 0.3 is 0 Å². The van der Waals surface area contributed by atoms with Crippen molar-refractivity contribution in [3.63, 3.8) is 0 Å². The molecule has 0 spiro atoms. The highest BCUT2D eigenvalue weighted by Crippen LogP contribution is 2.11. The molecule has 2 aromatic rings. The van der Waals surface area contributed by atoms with Crippen molar-refractivity contribution in [2.24, 2.45) is 0 Å². The fraction of sp³-hybridized carbons (Fsp3) is 0.545. The summed E-state index contributed by atoms with van der Waals surface area (Å²) in [6, 6.07) is 0.0645. The van der Waals surface area contributed by atoms with Gasteiger partial charge in [-0.2, -0.15) is 0 Å². The number of fused-ring (bicyclic) bond motifs is 1. The molecule has 2 heterocycles. The van der Waals surface area contributed by atoms with E-state index in [1.807, 2.05) is 22.2 Å². The van der Waals surface area contributed by atoms with Crippen LogP contribution in [-0.2, 0) is 11.3 Å². The summed E-state index contributed by atoms with van der Waals surface area (Å²) in [5.74, 6) is 0. The summed E-state index contributed by atoms with van der Waals surface area (Å²) in [7, 11) is 1.66. The molecule has 0 aromatic carbocycles. The quantitative estimate of drug-likeness (QED) is 0.771. The van der Waals surface area contributed by atoms with Crippen molar-refractivity contribution >= 4 is 16.3 Å². The van der Waals surface area contributed by atoms with Gasteiger partial charge in [0.05, 0.1) is 12.3 Å². The van der Waals surface area contributed by atoms with Crippen molar-refractivity contribution in [2.75, 3.05) is 20.3 Å². The van der Waals surface area contributed by atoms with Crippen LogP contribution >= 0.6 is 11.3 Å². The van der Waals surface area contributed by atoms with E-state index in [9.17, 15) is 5.11 Å². The summed E-state index contributed by atoms with van der Waals surface area (Å²) in [6.07, 6.45) is 4.80. The molecule has 5 nitrogen and oxygen atoms in total. The second-order valence-corrected chi connectivity index (χ2v) is 4.74. The molecule has 0 radical (unpaired) electrons. The van der Waals surface area contributed by atoms with Gasteiger partial charge in [0.2, 0.25) is 0 Å². The molecule has 0 aliphatic heterocycles. The lowest BCUT2D eigenvalue weighted by Crippen LogP contribution is -2.33. The van der Waals surface area contributed by atoms with Crippen LogP contribution < -0.4 is 5.32 Å². The monoisotopic (exact) mass is 255 g/mol. The minimum Gasteiger partial charge on any atom is -0.395 e. The molecule has 2 aromatic heterocycles. The minimum absolute atomic E-state index is 0.0645. The molecule has 1 unspecified atom stereocenters. The lowest BCUT2D eigenvalue weighted by Gasteiger charge is -2.14. The number of methoxy groups -OCH3 is 1. The van der Waals surface area contributed by atoms with Crippen LogP contribution in [0.15, 0.2) is 17.8 Å². The topological polar surface area (TPSA) is 58.8 Å². The van der Waals surface area contributed by atoms with E-state index in [2.05, 4.69) is 10.3 Å². The Morgan fingerprint density at radius 1 is 1.65 bits per heavy atom. The van der Waals surface area contributed by atoms with E-state index in [-0.39, 0.29) is 12.6 Å². The van der Waals surface area contributed by atoms with Crippen LogP contribution in [0.3, 0.4) is 0 Å². The van der Waals surface area contributed by atoms with Crippen molar-refractivity contribution in [3.05, 3.63) is 23.5 Å². The SMILES string of the molecule is COCCC(CO)NCc1cn2ccsc2n1. The van der Waals surface area contributed by atoms with Gasteiger partial charge in [0.25, 0.3) is 0 Å². The molecular weight excluding hydrogens is 238 g/mol. The maximum Gasteiger partial charge on any atom is 0.193 e. The number of aliphatic hydroxyl groups is 1. The highest BCUT2D eigenvalue weighted by atomic mass is 32.1. The Morgan fingerprint density at radius 2 is 2.53 bits per heavy atom. The van der Waals surface area contributed by atoms with Gasteiger partial charge in [-0.1, -0.05) is 0 Å². The minimum atomic E-state index is 0.0645. The number of nitrogens with zero attached hydrogens (tertiary/aromatic N) is 2. The van der Waals surface area contributed by atoms with Crippen molar-refractivity contribution in [3.8, 4) is 0 Å². The number of thiazole rings is 1. The molecule has 1 atom stereocenters. The van der Waals surface area contributed by atoms with Crippen LogP contribution in [0, 0.1) is 0 Å². The van der Waals surface area contributed by atoms with E-state index in [0.717, 1.165) is 17.1 Å². The zero-order chi connectivity index (χ0) is 12.1. The summed E-state index contributed by atoms with van der Waals surface area (Å²) in [6.45, 7) is 1.44. The fourth-order valence-corrected chi connectivity index (χ4v) is 2.35. The van der Waals surface area contributed by atoms with Crippen molar-refractivity contribution in [2.45, 2.75) is 19.0 Å². The molecule has 2 rings (SSSR count). The van der Waals surface area contributed by atoms with Gasteiger partial charge in [-0.3, -0.25) is 4.40 Å². The van der Waals surface area contributed by atoms with E-state index < -0.39 is 0 Å². The predicted octanol–water partition coefficient (Wildman–Crippen LogP) is 0.883. The summed E-state index contributed by atoms with van der Waals surface area (Å²) in [5, 5.41) is 14.5. The standard InChI is InChI=1S/C11H17N3O2S/c1-16-4-2-9(8-15)12-6-10-7-14-3-5-17-11(14)13-10/h3,5,7,9,12,15H,2,4,6,8H2,1H3. The zero-order valence-corrected chi connectivity index (χ0v) is 10.6. The molecule has 94 valence electrons. The highest BCUT2D eigenvalue weighted by Gasteiger charge is 2.08. The Morgan fingerprint density at radius 3 is 3.24 bits per heavy atom. The predicted molar refractivity (Wildman–Crippen MR) is 67.3 cm³/mol. The lowest BCUT2D eigenvalue weighted by atomic mass is 10.2. The van der Waals surface area contributed by atoms with Gasteiger partial charge < -0.3 is 15.2 Å². The van der Waals surface area contributed by atoms with Gasteiger partial charge in [0, 0.05) is 44.1 Å². The Balaban J connectivity index is 1.86. The molecule has 0 saturated heterocycles. The van der Waals surface area contributed by atoms with Crippen molar-refractivity contribution in [1.29, 1.82) is 0 Å². The summed E-state index contributed by atoms with van der Waals surface area (Å²) >= 11 is 1.62. The maximum absolute atomic E-state index is 9.19. The van der Waals surface area contributed by atoms with Crippen LogP contribution in [0.1, 0.15) is 12.1 Å². The normalized spacial score (nSPS) is 13.3. The number of hydrogen-bond donors (Lipinski definition) is 2. The van der Waals surface area contributed by atoms with Gasteiger partial charge in [-0.15, -0.1) is 11.3 Å². The Labute approximate surface area is 104 Å². The van der Waals surface area contributed by atoms with Crippen LogP contribution in [0.2, 0.25) is 0 Å². The molecule has 6 heteroatoms. The lowest BCUT2D eigenvalue weighted by molar-refractivity contribution is 0.159. The fourth-order valence-electron chi connectivity index (χ4n) is 1.63. The van der Waals surface area contributed by atoms with Crippen molar-refractivity contribution in [1.82, 2.24) is 14.7 Å². The molecule has 17 heavy (non-hydrogen) atoms. The summed E-state index contributed by atoms with van der Waals surface area (Å²) < 4.78 is 7.00. The first-order valence-electron chi connectivity index (χ1n) is 5.57. The third kappa shape index (κ3) is 3.26. The second kappa shape index (κ2) is 6.11. The Bertz CT molecular complexity index is 426. The molecule has 0 saturated carbocycles. The largest absolute Gasteiger partial charge is 0.395 e. The highest BCUT2D eigenvalue weighted by molar-refractivity contribution is 7.15. The zero-order valence-electron chi connectivity index (χ0n) is 9.80. The van der Waals surface area contributed by atoms with Crippen molar-refractivity contribution < 1.29 is 9.84 Å². The number of hydrogen-bond acceptors (Lipinski definition) is 5. The van der Waals surface area contributed by atoms with Crippen LogP contribution in [0.4, 0.5) is 0 Å². The molecule has 0 bridgehead atoms. The van der Waals surface area contributed by atoms with Gasteiger partial charge in [0.15, 0.2) is 4.96 Å². The second-order valence-electron chi connectivity index (χ2n) is 3.87. The van der Waals surface area contributed by atoms with Crippen LogP contribution in [0.25, 0.3) is 4.96 Å². The van der Waals surface area contributed by atoms with E-state index in [1.165, 1.54) is 0 Å². The molecule has 0 amide bonds. The van der Waals surface area contributed by atoms with Gasteiger partial charge in [-0.05, 0) is 6.42 Å². The molecular formula is C11H17N3O2S. The number of aliphatic hydroxyl groups excluding tert-OH is 1. The molecule has 0 aliphatic carbocycles. The van der Waals surface area contributed by atoms with E-state index in [0.29, 0.717) is 13.2 Å². The molecule has 0 fully saturated rings. The Kier molecular flexibility index (Phi) is 4.49. The average molecular weight is 255 g/mol. The number of nitrogens with one attached hydrogen (secondary N) is 1. The Hall–Kier alpha value is -0.950. The number of rotatable bonds is 7. The van der Waals surface area contributed by atoms with Crippen LogP contribution in [0.5, 0.6) is 0 Å². The third-order valence-electron chi connectivity index (χ3n) is 2.61. The average Bonchev–Trinajstić information content (AvgIpc) is 2.89. The van der Waals surface area contributed by atoms with Gasteiger partial charge in [0.1, 0.15) is 0 Å². The number of imidazole rings is 1. The first-order valence-corrected chi connectivity index (χ1v) is 6.45. The molecule has 0 aliphatic rings. The summed E-state index contributed by atoms with van der Waals surface area (Å²) in [4.78, 5) is 5.46. The first-order chi connectivity index (χ1) is 8.33. The first kappa shape index (κ1) is 12.5. The maximum atomic E-state index is 9.19. The third-order valence-corrected chi connectivity index (χ3v) is 3.38. The van der Waals surface area contributed by atoms with E-state index >= 15 is 0 Å². The van der Waals surface area contributed by atoms with Crippen LogP contribution in [-0.4, -0.2) is 40.9 Å². The number of aromatic nitrogens is 2. The number of ether oxygens (including phenoxy) is 1.